The molecule has 1 N–H and O–H groups in total. The molecule has 0 bridgehead atoms. The number of hydrogen-bond acceptors (Lipinski definition) is 6. The SMILES string of the molecule is CCc1ccc(-c2cc(NC(=O)CCCOc3ccc(C#N)cc3OC)on2)cc1. The number of rotatable bonds is 9. The van der Waals surface area contributed by atoms with Gasteiger partial charge in [0.05, 0.1) is 25.3 Å². The van der Waals surface area contributed by atoms with Crippen molar-refractivity contribution in [2.75, 3.05) is 19.0 Å². The number of nitrogens with one attached hydrogen (secondary N) is 1. The van der Waals surface area contributed by atoms with Gasteiger partial charge in [-0.15, -0.1) is 0 Å². The van der Waals surface area contributed by atoms with Crippen LogP contribution < -0.4 is 14.8 Å². The fourth-order valence-corrected chi connectivity index (χ4v) is 2.85. The largest absolute Gasteiger partial charge is 0.493 e. The number of anilines is 1. The molecule has 0 unspecified atom stereocenters. The molecule has 0 atom stereocenters. The summed E-state index contributed by atoms with van der Waals surface area (Å²) in [6.07, 6.45) is 1.75. The maximum atomic E-state index is 12.1. The number of carbonyl (C=O) groups is 1. The zero-order chi connectivity index (χ0) is 21.3. The van der Waals surface area contributed by atoms with Crippen molar-refractivity contribution < 1.29 is 18.8 Å². The van der Waals surface area contributed by atoms with Crippen LogP contribution in [0.2, 0.25) is 0 Å². The van der Waals surface area contributed by atoms with E-state index in [9.17, 15) is 4.79 Å². The van der Waals surface area contributed by atoms with Gasteiger partial charge in [0.2, 0.25) is 11.8 Å². The highest BCUT2D eigenvalue weighted by Crippen LogP contribution is 2.28. The monoisotopic (exact) mass is 405 g/mol. The molecule has 0 saturated carbocycles. The van der Waals surface area contributed by atoms with E-state index in [-0.39, 0.29) is 12.3 Å². The Balaban J connectivity index is 1.46. The Labute approximate surface area is 175 Å². The summed E-state index contributed by atoms with van der Waals surface area (Å²) >= 11 is 0. The number of amides is 1. The van der Waals surface area contributed by atoms with Gasteiger partial charge in [0.25, 0.3) is 0 Å². The van der Waals surface area contributed by atoms with Gasteiger partial charge in [0.1, 0.15) is 5.69 Å². The summed E-state index contributed by atoms with van der Waals surface area (Å²) in [5.41, 5.74) is 3.34. The summed E-state index contributed by atoms with van der Waals surface area (Å²) in [5, 5.41) is 15.6. The van der Waals surface area contributed by atoms with Gasteiger partial charge in [-0.3, -0.25) is 10.1 Å². The third kappa shape index (κ3) is 5.39. The fraction of sp³-hybridized carbons (Fsp3) is 0.261. The van der Waals surface area contributed by atoms with Crippen molar-refractivity contribution >= 4 is 11.8 Å². The number of nitriles is 1. The second-order valence-corrected chi connectivity index (χ2v) is 6.60. The third-order valence-corrected chi connectivity index (χ3v) is 4.53. The van der Waals surface area contributed by atoms with Crippen LogP contribution in [0.25, 0.3) is 11.3 Å². The Morgan fingerprint density at radius 2 is 1.97 bits per heavy atom. The van der Waals surface area contributed by atoms with Gasteiger partial charge in [-0.1, -0.05) is 36.3 Å². The molecule has 3 aromatic rings. The zero-order valence-electron chi connectivity index (χ0n) is 17.0. The maximum Gasteiger partial charge on any atom is 0.231 e. The van der Waals surface area contributed by atoms with Crippen LogP contribution in [0, 0.1) is 11.3 Å². The first kappa shape index (κ1) is 20.9. The van der Waals surface area contributed by atoms with Crippen molar-refractivity contribution in [2.24, 2.45) is 0 Å². The lowest BCUT2D eigenvalue weighted by Crippen LogP contribution is -2.12. The molecule has 7 nitrogen and oxygen atoms in total. The van der Waals surface area contributed by atoms with Crippen molar-refractivity contribution in [1.82, 2.24) is 5.16 Å². The van der Waals surface area contributed by atoms with E-state index in [1.165, 1.54) is 12.7 Å². The molecule has 1 amide bonds. The molecule has 0 fully saturated rings. The third-order valence-electron chi connectivity index (χ3n) is 4.53. The summed E-state index contributed by atoms with van der Waals surface area (Å²) in [5.74, 6) is 1.14. The number of aromatic nitrogens is 1. The average Bonchev–Trinajstić information content (AvgIpc) is 3.25. The van der Waals surface area contributed by atoms with Gasteiger partial charge in [0, 0.05) is 24.1 Å². The number of benzene rings is 2. The number of nitrogens with zero attached hydrogens (tertiary/aromatic N) is 2. The van der Waals surface area contributed by atoms with Crippen LogP contribution in [-0.2, 0) is 11.2 Å². The number of methoxy groups -OCH3 is 1. The van der Waals surface area contributed by atoms with Gasteiger partial charge in [-0.25, -0.2) is 0 Å². The highest BCUT2D eigenvalue weighted by atomic mass is 16.5. The molecule has 0 aliphatic heterocycles. The highest BCUT2D eigenvalue weighted by molar-refractivity contribution is 5.89. The molecule has 154 valence electrons. The van der Waals surface area contributed by atoms with Gasteiger partial charge in [-0.05, 0) is 30.5 Å². The van der Waals surface area contributed by atoms with Crippen LogP contribution in [0.4, 0.5) is 5.88 Å². The first-order chi connectivity index (χ1) is 14.6. The second-order valence-electron chi connectivity index (χ2n) is 6.60. The summed E-state index contributed by atoms with van der Waals surface area (Å²) in [6.45, 7) is 2.44. The van der Waals surface area contributed by atoms with E-state index in [0.29, 0.717) is 41.7 Å². The first-order valence-electron chi connectivity index (χ1n) is 9.69. The van der Waals surface area contributed by atoms with E-state index >= 15 is 0 Å². The second kappa shape index (κ2) is 10.1. The van der Waals surface area contributed by atoms with E-state index in [4.69, 9.17) is 19.3 Å². The maximum absolute atomic E-state index is 12.1. The molecule has 1 heterocycles. The van der Waals surface area contributed by atoms with E-state index in [0.717, 1.165) is 12.0 Å². The number of hydrogen-bond donors (Lipinski definition) is 1. The van der Waals surface area contributed by atoms with Crippen LogP contribution in [0.5, 0.6) is 11.5 Å². The topological polar surface area (TPSA) is 97.4 Å². The Kier molecular flexibility index (Phi) is 7.06. The van der Waals surface area contributed by atoms with Crippen LogP contribution >= 0.6 is 0 Å². The summed E-state index contributed by atoms with van der Waals surface area (Å²) in [4.78, 5) is 12.1. The lowest BCUT2D eigenvalue weighted by Gasteiger charge is -2.10. The van der Waals surface area contributed by atoms with Gasteiger partial charge >= 0.3 is 0 Å². The molecule has 0 aliphatic rings. The Bertz CT molecular complexity index is 1040. The molecule has 7 heteroatoms. The molecular weight excluding hydrogens is 382 g/mol. The molecule has 0 radical (unpaired) electrons. The van der Waals surface area contributed by atoms with Gasteiger partial charge in [0.15, 0.2) is 11.5 Å². The first-order valence-corrected chi connectivity index (χ1v) is 9.69. The summed E-state index contributed by atoms with van der Waals surface area (Å²) in [7, 11) is 1.51. The molecule has 0 spiro atoms. The molecule has 1 aromatic heterocycles. The quantitative estimate of drug-likeness (QED) is 0.523. The van der Waals surface area contributed by atoms with Crippen molar-refractivity contribution in [3.8, 4) is 28.8 Å². The van der Waals surface area contributed by atoms with Crippen molar-refractivity contribution in [3.05, 3.63) is 59.7 Å². The van der Waals surface area contributed by atoms with Crippen molar-refractivity contribution in [2.45, 2.75) is 26.2 Å². The Hall–Kier alpha value is -3.79. The number of aryl methyl sites for hydroxylation is 1. The van der Waals surface area contributed by atoms with E-state index in [1.54, 1.807) is 24.3 Å². The molecule has 3 rings (SSSR count). The molecule has 2 aromatic carbocycles. The molecular formula is C23H23N3O4. The van der Waals surface area contributed by atoms with Crippen molar-refractivity contribution in [3.63, 3.8) is 0 Å². The molecule has 0 aliphatic carbocycles. The smallest absolute Gasteiger partial charge is 0.231 e. The van der Waals surface area contributed by atoms with Gasteiger partial charge in [-0.2, -0.15) is 5.26 Å². The van der Waals surface area contributed by atoms with Crippen LogP contribution in [0.15, 0.2) is 53.1 Å². The van der Waals surface area contributed by atoms with Crippen LogP contribution in [0.3, 0.4) is 0 Å². The summed E-state index contributed by atoms with van der Waals surface area (Å²) in [6, 6.07) is 16.8. The number of carbonyl (C=O) groups excluding carboxylic acids is 1. The Morgan fingerprint density at radius 1 is 1.17 bits per heavy atom. The standard InChI is InChI=1S/C23H23N3O4/c1-3-16-6-9-18(10-7-16)19-14-23(30-26-19)25-22(27)5-4-12-29-20-11-8-17(15-24)13-21(20)28-2/h6-11,13-14H,3-5,12H2,1-2H3,(H,25,27). The van der Waals surface area contributed by atoms with Crippen LogP contribution in [0.1, 0.15) is 30.9 Å². The minimum Gasteiger partial charge on any atom is -0.493 e. The predicted octanol–water partition coefficient (Wildman–Crippen LogP) is 4.58. The minimum atomic E-state index is -0.186. The van der Waals surface area contributed by atoms with Crippen molar-refractivity contribution in [1.29, 1.82) is 5.26 Å². The lowest BCUT2D eigenvalue weighted by atomic mass is 10.1. The average molecular weight is 405 g/mol. The van der Waals surface area contributed by atoms with Crippen LogP contribution in [-0.4, -0.2) is 24.8 Å². The number of ether oxygens (including phenoxy) is 2. The van der Waals surface area contributed by atoms with E-state index < -0.39 is 0 Å². The molecule has 0 saturated heterocycles. The lowest BCUT2D eigenvalue weighted by molar-refractivity contribution is -0.116. The molecule has 30 heavy (non-hydrogen) atoms. The minimum absolute atomic E-state index is 0.186. The highest BCUT2D eigenvalue weighted by Gasteiger charge is 2.11. The zero-order valence-corrected chi connectivity index (χ0v) is 17.0. The normalized spacial score (nSPS) is 10.3. The van der Waals surface area contributed by atoms with E-state index in [1.807, 2.05) is 30.3 Å². The van der Waals surface area contributed by atoms with Gasteiger partial charge < -0.3 is 14.0 Å². The fourth-order valence-electron chi connectivity index (χ4n) is 2.85. The Morgan fingerprint density at radius 3 is 2.67 bits per heavy atom. The van der Waals surface area contributed by atoms with E-state index in [2.05, 4.69) is 17.4 Å². The summed E-state index contributed by atoms with van der Waals surface area (Å²) < 4.78 is 16.1. The predicted molar refractivity (Wildman–Crippen MR) is 112 cm³/mol.